The van der Waals surface area contributed by atoms with Crippen LogP contribution in [0, 0.1) is 5.82 Å². The first-order valence-corrected chi connectivity index (χ1v) is 12.1. The molecule has 3 heterocycles. The van der Waals surface area contributed by atoms with Crippen molar-refractivity contribution in [2.75, 3.05) is 12.3 Å². The minimum absolute atomic E-state index is 0.201. The van der Waals surface area contributed by atoms with Gasteiger partial charge in [0.25, 0.3) is 5.82 Å². The van der Waals surface area contributed by atoms with Crippen LogP contribution in [0.15, 0.2) is 71.5 Å². The molecule has 0 saturated heterocycles. The lowest BCUT2D eigenvalue weighted by Crippen LogP contribution is -2.38. The number of anilines is 1. The number of halogens is 1. The summed E-state index contributed by atoms with van der Waals surface area (Å²) in [5, 5.41) is 4.07. The van der Waals surface area contributed by atoms with Gasteiger partial charge in [0.1, 0.15) is 11.4 Å². The molecule has 3 aromatic heterocycles. The van der Waals surface area contributed by atoms with Gasteiger partial charge in [-0.15, -0.1) is 0 Å². The number of nitrogen functional groups attached to an aromatic ring is 1. The zero-order valence-corrected chi connectivity index (χ0v) is 19.3. The van der Waals surface area contributed by atoms with Crippen LogP contribution < -0.4 is 15.0 Å². The Kier molecular flexibility index (Phi) is 7.52. The van der Waals surface area contributed by atoms with Gasteiger partial charge < -0.3 is 19.0 Å². The predicted molar refractivity (Wildman–Crippen MR) is 122 cm³/mol. The Hall–Kier alpha value is -3.63. The number of benzene rings is 1. The molecule has 4 rings (SSSR count). The van der Waals surface area contributed by atoms with E-state index in [2.05, 4.69) is 14.7 Å². The molecule has 35 heavy (non-hydrogen) atoms. The standard InChI is InChI=1S/C23H22FN4O6P/c24-18-6-3-16(4-7-18)9-11-32-22-8-5-17(14-26-22)12-19-13-21(34-27-19)20-2-1-10-28(23(20)25)15-33-35(29,30)31/h1-8,10,13-14,25H,9,11-12,15H2,(H2,29,30,31)/p+1. The fourth-order valence-electron chi connectivity index (χ4n) is 3.28. The Morgan fingerprint density at radius 3 is 2.60 bits per heavy atom. The Morgan fingerprint density at radius 2 is 1.89 bits per heavy atom. The molecule has 0 amide bonds. The number of aromatic nitrogens is 3. The van der Waals surface area contributed by atoms with Crippen molar-refractivity contribution in [2.45, 2.75) is 19.6 Å². The average Bonchev–Trinajstić information content (AvgIpc) is 3.28. The zero-order chi connectivity index (χ0) is 24.8. The van der Waals surface area contributed by atoms with Gasteiger partial charge in [-0.1, -0.05) is 23.4 Å². The van der Waals surface area contributed by atoms with Crippen LogP contribution in [0.2, 0.25) is 0 Å². The maximum absolute atomic E-state index is 13.0. The van der Waals surface area contributed by atoms with E-state index in [0.717, 1.165) is 11.1 Å². The molecule has 0 aliphatic rings. The van der Waals surface area contributed by atoms with Crippen molar-refractivity contribution in [3.8, 4) is 17.2 Å². The molecule has 0 radical (unpaired) electrons. The highest BCUT2D eigenvalue weighted by molar-refractivity contribution is 7.46. The number of pyridine rings is 2. The molecule has 0 atom stereocenters. The highest BCUT2D eigenvalue weighted by atomic mass is 31.2. The summed E-state index contributed by atoms with van der Waals surface area (Å²) in [5.41, 5.74) is 9.12. The van der Waals surface area contributed by atoms with Crippen molar-refractivity contribution >= 4 is 13.6 Å². The molecule has 0 aliphatic carbocycles. The molecular formula is C23H23FN4O6P+. The van der Waals surface area contributed by atoms with Gasteiger partial charge in [-0.3, -0.25) is 5.73 Å². The van der Waals surface area contributed by atoms with Gasteiger partial charge in [0, 0.05) is 31.2 Å². The van der Waals surface area contributed by atoms with Gasteiger partial charge in [0.05, 0.1) is 18.5 Å². The molecule has 0 spiro atoms. The van der Waals surface area contributed by atoms with Gasteiger partial charge in [0.2, 0.25) is 12.6 Å². The first-order chi connectivity index (χ1) is 16.8. The van der Waals surface area contributed by atoms with Crippen LogP contribution in [0.4, 0.5) is 10.2 Å². The third-order valence-electron chi connectivity index (χ3n) is 5.04. The first kappa shape index (κ1) is 24.5. The Bertz CT molecular complexity index is 1320. The maximum Gasteiger partial charge on any atom is 0.472 e. The minimum atomic E-state index is -4.64. The van der Waals surface area contributed by atoms with Crippen LogP contribution in [0.1, 0.15) is 16.8 Å². The van der Waals surface area contributed by atoms with Gasteiger partial charge in [0.15, 0.2) is 5.76 Å². The first-order valence-electron chi connectivity index (χ1n) is 10.5. The quantitative estimate of drug-likeness (QED) is 0.221. The Balaban J connectivity index is 1.35. The summed E-state index contributed by atoms with van der Waals surface area (Å²) in [4.78, 5) is 22.1. The van der Waals surface area contributed by atoms with Crippen LogP contribution in [0.3, 0.4) is 0 Å². The van der Waals surface area contributed by atoms with Crippen molar-refractivity contribution in [1.82, 2.24) is 10.1 Å². The van der Waals surface area contributed by atoms with E-state index in [9.17, 15) is 8.96 Å². The zero-order valence-electron chi connectivity index (χ0n) is 18.5. The van der Waals surface area contributed by atoms with Crippen molar-refractivity contribution in [1.29, 1.82) is 0 Å². The van der Waals surface area contributed by atoms with Crippen molar-refractivity contribution in [2.24, 2.45) is 0 Å². The number of phosphoric acid groups is 1. The van der Waals surface area contributed by atoms with Crippen molar-refractivity contribution in [3.05, 3.63) is 89.6 Å². The van der Waals surface area contributed by atoms with Crippen molar-refractivity contribution < 1.29 is 37.1 Å². The third kappa shape index (κ3) is 6.93. The second-order valence-electron chi connectivity index (χ2n) is 7.61. The second kappa shape index (κ2) is 10.7. The summed E-state index contributed by atoms with van der Waals surface area (Å²) in [6.45, 7) is -0.00272. The SMILES string of the molecule is Nc1c(-c2cc(Cc3ccc(OCCc4ccc(F)cc4)nc3)no2)ccc[n+]1COP(=O)(O)O. The fourth-order valence-corrected chi connectivity index (χ4v) is 3.55. The van der Waals surface area contributed by atoms with E-state index in [-0.39, 0.29) is 11.6 Å². The molecule has 0 saturated carbocycles. The van der Waals surface area contributed by atoms with E-state index >= 15 is 0 Å². The topological polar surface area (TPSA) is 145 Å². The summed E-state index contributed by atoms with van der Waals surface area (Å²) < 4.78 is 40.9. The van der Waals surface area contributed by atoms with Crippen LogP contribution in [0.5, 0.6) is 5.88 Å². The number of nitrogens with two attached hydrogens (primary N) is 1. The van der Waals surface area contributed by atoms with Crippen LogP contribution in [-0.4, -0.2) is 26.5 Å². The lowest BCUT2D eigenvalue weighted by Gasteiger charge is -2.07. The minimum Gasteiger partial charge on any atom is -0.477 e. The third-order valence-corrected chi connectivity index (χ3v) is 5.49. The van der Waals surface area contributed by atoms with E-state index in [4.69, 9.17) is 24.8 Å². The Morgan fingerprint density at radius 1 is 1.11 bits per heavy atom. The molecular weight excluding hydrogens is 478 g/mol. The van der Waals surface area contributed by atoms with Gasteiger partial charge in [-0.05, 0) is 35.4 Å². The predicted octanol–water partition coefficient (Wildman–Crippen LogP) is 3.02. The lowest BCUT2D eigenvalue weighted by molar-refractivity contribution is -0.711. The molecule has 4 N–H and O–H groups in total. The molecule has 10 nitrogen and oxygen atoms in total. The van der Waals surface area contributed by atoms with Gasteiger partial charge in [-0.25, -0.2) is 23.0 Å². The number of hydrogen-bond acceptors (Lipinski definition) is 7. The summed E-state index contributed by atoms with van der Waals surface area (Å²) in [7, 11) is -4.64. The number of hydrogen-bond donors (Lipinski definition) is 3. The molecule has 0 bridgehead atoms. The van der Waals surface area contributed by atoms with Gasteiger partial charge >= 0.3 is 7.82 Å². The monoisotopic (exact) mass is 501 g/mol. The molecule has 0 unspecified atom stereocenters. The molecule has 0 fully saturated rings. The summed E-state index contributed by atoms with van der Waals surface area (Å²) >= 11 is 0. The van der Waals surface area contributed by atoms with E-state index in [1.54, 1.807) is 42.6 Å². The summed E-state index contributed by atoms with van der Waals surface area (Å²) in [6, 6.07) is 15.0. The fraction of sp³-hybridized carbons (Fsp3) is 0.174. The number of nitrogens with zero attached hydrogens (tertiary/aromatic N) is 3. The van der Waals surface area contributed by atoms with Crippen molar-refractivity contribution in [3.63, 3.8) is 0 Å². The summed E-state index contributed by atoms with van der Waals surface area (Å²) in [5.74, 6) is 0.815. The smallest absolute Gasteiger partial charge is 0.472 e. The molecule has 182 valence electrons. The number of rotatable bonds is 10. The van der Waals surface area contributed by atoms with E-state index in [1.807, 2.05) is 6.07 Å². The molecule has 0 aliphatic heterocycles. The number of ether oxygens (including phenoxy) is 1. The average molecular weight is 501 g/mol. The van der Waals surface area contributed by atoms with Crippen LogP contribution in [-0.2, 0) is 28.7 Å². The lowest BCUT2D eigenvalue weighted by atomic mass is 10.1. The summed E-state index contributed by atoms with van der Waals surface area (Å²) in [6.07, 6.45) is 4.31. The highest BCUT2D eigenvalue weighted by Crippen LogP contribution is 2.35. The molecule has 4 aromatic rings. The highest BCUT2D eigenvalue weighted by Gasteiger charge is 2.20. The van der Waals surface area contributed by atoms with Crippen LogP contribution >= 0.6 is 7.82 Å². The number of phosphoric ester groups is 1. The van der Waals surface area contributed by atoms with E-state index in [0.29, 0.717) is 42.3 Å². The normalized spacial score (nSPS) is 11.5. The maximum atomic E-state index is 13.0. The van der Waals surface area contributed by atoms with E-state index in [1.165, 1.54) is 22.9 Å². The van der Waals surface area contributed by atoms with E-state index < -0.39 is 14.6 Å². The van der Waals surface area contributed by atoms with Crippen LogP contribution in [0.25, 0.3) is 11.3 Å². The second-order valence-corrected chi connectivity index (χ2v) is 8.85. The molecule has 1 aromatic carbocycles. The van der Waals surface area contributed by atoms with Gasteiger partial charge in [-0.2, -0.15) is 0 Å². The largest absolute Gasteiger partial charge is 0.477 e. The molecule has 12 heteroatoms. The Labute approximate surface area is 200 Å².